The standard InChI is InChI=1S/C14H17FO/c1-13(11-6-4-3-5-7-11)8-9-14(2,15)12(16)10-13/h3-7H,8-10H2,1-2H3/t13-,14+/m0/s1. The van der Waals surface area contributed by atoms with E-state index in [4.69, 9.17) is 0 Å². The van der Waals surface area contributed by atoms with E-state index in [9.17, 15) is 9.18 Å². The number of carbonyl (C=O) groups excluding carboxylic acids is 1. The van der Waals surface area contributed by atoms with E-state index < -0.39 is 5.67 Å². The Morgan fingerprint density at radius 2 is 1.75 bits per heavy atom. The Balaban J connectivity index is 2.27. The van der Waals surface area contributed by atoms with E-state index in [1.165, 1.54) is 6.92 Å². The summed E-state index contributed by atoms with van der Waals surface area (Å²) in [7, 11) is 0. The molecule has 0 radical (unpaired) electrons. The molecule has 2 heteroatoms. The number of benzene rings is 1. The maximum Gasteiger partial charge on any atom is 0.170 e. The molecule has 0 aromatic heterocycles. The molecule has 0 spiro atoms. The molecule has 16 heavy (non-hydrogen) atoms. The van der Waals surface area contributed by atoms with E-state index >= 15 is 0 Å². The van der Waals surface area contributed by atoms with Gasteiger partial charge < -0.3 is 0 Å². The fourth-order valence-electron chi connectivity index (χ4n) is 2.36. The quantitative estimate of drug-likeness (QED) is 0.708. The molecule has 1 saturated carbocycles. The van der Waals surface area contributed by atoms with Crippen LogP contribution in [0, 0.1) is 0 Å². The Hall–Kier alpha value is -1.18. The molecule has 0 N–H and O–H groups in total. The lowest BCUT2D eigenvalue weighted by Crippen LogP contribution is -2.43. The Morgan fingerprint density at radius 3 is 2.31 bits per heavy atom. The summed E-state index contributed by atoms with van der Waals surface area (Å²) >= 11 is 0. The largest absolute Gasteiger partial charge is 0.296 e. The van der Waals surface area contributed by atoms with Gasteiger partial charge in [-0.1, -0.05) is 37.3 Å². The average Bonchev–Trinajstić information content (AvgIpc) is 2.26. The number of Topliss-reactive ketones (excluding diaryl/α,β-unsaturated/α-hetero) is 1. The zero-order valence-electron chi connectivity index (χ0n) is 9.79. The van der Waals surface area contributed by atoms with Gasteiger partial charge in [0.2, 0.25) is 0 Å². The molecule has 1 aromatic rings. The third-order valence-corrected chi connectivity index (χ3v) is 3.75. The summed E-state index contributed by atoms with van der Waals surface area (Å²) in [4.78, 5) is 11.7. The van der Waals surface area contributed by atoms with Gasteiger partial charge in [-0.15, -0.1) is 0 Å². The number of rotatable bonds is 1. The van der Waals surface area contributed by atoms with Crippen molar-refractivity contribution >= 4 is 5.78 Å². The van der Waals surface area contributed by atoms with Gasteiger partial charge in [-0.2, -0.15) is 0 Å². The second kappa shape index (κ2) is 3.69. The third kappa shape index (κ3) is 1.89. The summed E-state index contributed by atoms with van der Waals surface area (Å²) in [5, 5.41) is 0. The first-order valence-electron chi connectivity index (χ1n) is 5.72. The third-order valence-electron chi connectivity index (χ3n) is 3.75. The van der Waals surface area contributed by atoms with Crippen molar-refractivity contribution in [2.75, 3.05) is 0 Å². The van der Waals surface area contributed by atoms with Gasteiger partial charge in [-0.3, -0.25) is 4.79 Å². The van der Waals surface area contributed by atoms with Gasteiger partial charge in [0.05, 0.1) is 0 Å². The van der Waals surface area contributed by atoms with Crippen molar-refractivity contribution in [1.29, 1.82) is 0 Å². The Kier molecular flexibility index (Phi) is 2.61. The maximum atomic E-state index is 13.8. The highest BCUT2D eigenvalue weighted by atomic mass is 19.1. The predicted octanol–water partition coefficient (Wildman–Crippen LogP) is 3.43. The van der Waals surface area contributed by atoms with Crippen LogP contribution in [0.3, 0.4) is 0 Å². The molecular formula is C14H17FO. The molecule has 1 aliphatic rings. The highest BCUT2D eigenvalue weighted by Crippen LogP contribution is 2.42. The van der Waals surface area contributed by atoms with Gasteiger partial charge in [0.15, 0.2) is 11.5 Å². The van der Waals surface area contributed by atoms with Crippen LogP contribution in [0.4, 0.5) is 4.39 Å². The van der Waals surface area contributed by atoms with Crippen molar-refractivity contribution in [3.05, 3.63) is 35.9 Å². The molecule has 1 fully saturated rings. The number of alkyl halides is 1. The van der Waals surface area contributed by atoms with Crippen LogP contribution in [0.1, 0.15) is 38.7 Å². The fraction of sp³-hybridized carbons (Fsp3) is 0.500. The summed E-state index contributed by atoms with van der Waals surface area (Å²) in [5.74, 6) is -0.259. The van der Waals surface area contributed by atoms with E-state index in [2.05, 4.69) is 6.92 Å². The summed E-state index contributed by atoms with van der Waals surface area (Å²) in [6.45, 7) is 3.45. The summed E-state index contributed by atoms with van der Waals surface area (Å²) in [5.41, 5.74) is -0.669. The normalized spacial score (nSPS) is 35.1. The molecule has 0 unspecified atom stereocenters. The Bertz CT molecular complexity index is 396. The lowest BCUT2D eigenvalue weighted by molar-refractivity contribution is -0.134. The highest BCUT2D eigenvalue weighted by Gasteiger charge is 2.44. The van der Waals surface area contributed by atoms with E-state index in [0.29, 0.717) is 12.8 Å². The predicted molar refractivity (Wildman–Crippen MR) is 62.2 cm³/mol. The minimum absolute atomic E-state index is 0.191. The van der Waals surface area contributed by atoms with Crippen molar-refractivity contribution < 1.29 is 9.18 Å². The maximum absolute atomic E-state index is 13.8. The van der Waals surface area contributed by atoms with Crippen LogP contribution < -0.4 is 0 Å². The minimum Gasteiger partial charge on any atom is -0.296 e. The number of ketones is 1. The molecule has 0 heterocycles. The molecule has 0 amide bonds. The number of carbonyl (C=O) groups is 1. The van der Waals surface area contributed by atoms with Gasteiger partial charge in [0.1, 0.15) is 0 Å². The van der Waals surface area contributed by atoms with Gasteiger partial charge in [0.25, 0.3) is 0 Å². The molecular weight excluding hydrogens is 203 g/mol. The van der Waals surface area contributed by atoms with Crippen molar-refractivity contribution in [3.8, 4) is 0 Å². The molecule has 0 aliphatic heterocycles. The molecule has 2 atom stereocenters. The van der Waals surface area contributed by atoms with Crippen LogP contribution >= 0.6 is 0 Å². The van der Waals surface area contributed by atoms with E-state index in [1.807, 2.05) is 30.3 Å². The van der Waals surface area contributed by atoms with Crippen molar-refractivity contribution in [2.24, 2.45) is 0 Å². The first kappa shape index (κ1) is 11.3. The molecule has 1 aromatic carbocycles. The van der Waals surface area contributed by atoms with Crippen LogP contribution in [-0.2, 0) is 10.2 Å². The van der Waals surface area contributed by atoms with Crippen LogP contribution in [-0.4, -0.2) is 11.5 Å². The van der Waals surface area contributed by atoms with E-state index in [0.717, 1.165) is 12.0 Å². The van der Waals surface area contributed by atoms with Gasteiger partial charge >= 0.3 is 0 Å². The topological polar surface area (TPSA) is 17.1 Å². The molecule has 1 aliphatic carbocycles. The molecule has 86 valence electrons. The summed E-state index contributed by atoms with van der Waals surface area (Å²) in [6, 6.07) is 9.93. The summed E-state index contributed by atoms with van der Waals surface area (Å²) < 4.78 is 13.8. The van der Waals surface area contributed by atoms with Crippen molar-refractivity contribution in [2.45, 2.75) is 44.2 Å². The molecule has 0 saturated heterocycles. The Morgan fingerprint density at radius 1 is 1.12 bits per heavy atom. The lowest BCUT2D eigenvalue weighted by Gasteiger charge is -2.38. The van der Waals surface area contributed by atoms with Crippen molar-refractivity contribution in [3.63, 3.8) is 0 Å². The zero-order valence-corrected chi connectivity index (χ0v) is 9.79. The van der Waals surface area contributed by atoms with Crippen LogP contribution in [0.5, 0.6) is 0 Å². The smallest absolute Gasteiger partial charge is 0.170 e. The fourth-order valence-corrected chi connectivity index (χ4v) is 2.36. The second-order valence-electron chi connectivity index (χ2n) is 5.22. The van der Waals surface area contributed by atoms with Gasteiger partial charge in [-0.05, 0) is 30.7 Å². The number of hydrogen-bond donors (Lipinski definition) is 0. The van der Waals surface area contributed by atoms with Crippen LogP contribution in [0.15, 0.2) is 30.3 Å². The van der Waals surface area contributed by atoms with E-state index in [-0.39, 0.29) is 11.2 Å². The molecule has 2 rings (SSSR count). The van der Waals surface area contributed by atoms with Gasteiger partial charge in [-0.25, -0.2) is 4.39 Å². The number of hydrogen-bond acceptors (Lipinski definition) is 1. The second-order valence-corrected chi connectivity index (χ2v) is 5.22. The van der Waals surface area contributed by atoms with Crippen LogP contribution in [0.25, 0.3) is 0 Å². The van der Waals surface area contributed by atoms with Crippen LogP contribution in [0.2, 0.25) is 0 Å². The minimum atomic E-state index is -1.62. The lowest BCUT2D eigenvalue weighted by atomic mass is 9.67. The number of halogens is 1. The molecule has 1 nitrogen and oxygen atoms in total. The van der Waals surface area contributed by atoms with Crippen molar-refractivity contribution in [1.82, 2.24) is 0 Å². The monoisotopic (exact) mass is 220 g/mol. The first-order chi connectivity index (χ1) is 7.44. The highest BCUT2D eigenvalue weighted by molar-refractivity contribution is 5.88. The Labute approximate surface area is 95.7 Å². The SMILES string of the molecule is C[C@]1(c2ccccc2)CC[C@@](C)(F)C(=O)C1. The molecule has 0 bridgehead atoms. The first-order valence-corrected chi connectivity index (χ1v) is 5.72. The zero-order chi connectivity index (χ0) is 11.8. The average molecular weight is 220 g/mol. The van der Waals surface area contributed by atoms with E-state index in [1.54, 1.807) is 0 Å². The summed E-state index contributed by atoms with van der Waals surface area (Å²) in [6.07, 6.45) is 1.37. The van der Waals surface area contributed by atoms with Gasteiger partial charge in [0, 0.05) is 6.42 Å².